The zero-order valence-corrected chi connectivity index (χ0v) is 14.5. The fraction of sp³-hybridized carbons (Fsp3) is 0.133. The minimum atomic E-state index is -0.594. The number of nitrogens with one attached hydrogen (secondary N) is 2. The first-order chi connectivity index (χ1) is 12.3. The van der Waals surface area contributed by atoms with E-state index in [0.717, 1.165) is 0 Å². The molecule has 2 aromatic rings. The van der Waals surface area contributed by atoms with Gasteiger partial charge in [0.1, 0.15) is 22.9 Å². The third-order valence-electron chi connectivity index (χ3n) is 3.30. The van der Waals surface area contributed by atoms with Gasteiger partial charge in [0.15, 0.2) is 5.11 Å². The lowest BCUT2D eigenvalue weighted by molar-refractivity contribution is -0.384. The van der Waals surface area contributed by atoms with Crippen molar-refractivity contribution in [2.24, 2.45) is 0 Å². The zero-order valence-electron chi connectivity index (χ0n) is 13.7. The van der Waals surface area contributed by atoms with Crippen LogP contribution in [0.3, 0.4) is 0 Å². The number of hydrogen-bond donors (Lipinski definition) is 2. The van der Waals surface area contributed by atoms with Crippen LogP contribution in [0.5, 0.6) is 11.5 Å². The Morgan fingerprint density at radius 3 is 1.58 bits per heavy atom. The molecule has 0 aliphatic heterocycles. The van der Waals surface area contributed by atoms with E-state index < -0.39 is 9.85 Å². The minimum Gasteiger partial charge on any atom is -0.496 e. The zero-order chi connectivity index (χ0) is 19.3. The molecular weight excluding hydrogens is 364 g/mol. The first-order valence-electron chi connectivity index (χ1n) is 7.08. The van der Waals surface area contributed by atoms with E-state index in [9.17, 15) is 20.2 Å². The van der Waals surface area contributed by atoms with Crippen LogP contribution < -0.4 is 20.1 Å². The van der Waals surface area contributed by atoms with Gasteiger partial charge in [0.05, 0.1) is 36.2 Å². The van der Waals surface area contributed by atoms with Crippen molar-refractivity contribution in [2.45, 2.75) is 0 Å². The van der Waals surface area contributed by atoms with Gasteiger partial charge in [-0.15, -0.1) is 0 Å². The van der Waals surface area contributed by atoms with Crippen molar-refractivity contribution in [3.05, 3.63) is 56.6 Å². The smallest absolute Gasteiger partial charge is 0.296 e. The van der Waals surface area contributed by atoms with Gasteiger partial charge in [-0.05, 0) is 36.5 Å². The summed E-state index contributed by atoms with van der Waals surface area (Å²) in [6, 6.07) is 8.36. The summed E-state index contributed by atoms with van der Waals surface area (Å²) in [6.45, 7) is 0. The second-order valence-electron chi connectivity index (χ2n) is 4.86. The Hall–Kier alpha value is -3.47. The average Bonchev–Trinajstić information content (AvgIpc) is 2.61. The molecule has 2 aromatic carbocycles. The third kappa shape index (κ3) is 4.33. The summed E-state index contributed by atoms with van der Waals surface area (Å²) < 4.78 is 9.91. The number of nitrogens with zero attached hydrogens (tertiary/aromatic N) is 2. The molecule has 0 spiro atoms. The second-order valence-corrected chi connectivity index (χ2v) is 5.27. The molecule has 136 valence electrons. The van der Waals surface area contributed by atoms with Crippen molar-refractivity contribution in [3.8, 4) is 11.5 Å². The number of thiocarbonyl (C=S) groups is 1. The number of methoxy groups -OCH3 is 2. The van der Waals surface area contributed by atoms with Gasteiger partial charge in [0.2, 0.25) is 0 Å². The van der Waals surface area contributed by atoms with Crippen LogP contribution in [0.2, 0.25) is 0 Å². The Morgan fingerprint density at radius 1 is 0.885 bits per heavy atom. The van der Waals surface area contributed by atoms with Gasteiger partial charge in [-0.25, -0.2) is 0 Å². The van der Waals surface area contributed by atoms with Gasteiger partial charge >= 0.3 is 0 Å². The van der Waals surface area contributed by atoms with Crippen LogP contribution in [0, 0.1) is 20.2 Å². The first-order valence-corrected chi connectivity index (χ1v) is 7.49. The van der Waals surface area contributed by atoms with Crippen molar-refractivity contribution in [1.29, 1.82) is 0 Å². The van der Waals surface area contributed by atoms with E-state index in [1.165, 1.54) is 50.6 Å². The van der Waals surface area contributed by atoms with Gasteiger partial charge in [-0.2, -0.15) is 0 Å². The molecule has 0 fully saturated rings. The van der Waals surface area contributed by atoms with Gasteiger partial charge < -0.3 is 20.1 Å². The number of rotatable bonds is 6. The van der Waals surface area contributed by atoms with E-state index in [1.54, 1.807) is 0 Å². The SMILES string of the molecule is COc1ccc(NC(=S)Nc2ccc(OC)cc2[N+](=O)[O-])c([N+](=O)[O-])c1. The molecule has 2 rings (SSSR count). The van der Waals surface area contributed by atoms with Crippen molar-refractivity contribution in [3.63, 3.8) is 0 Å². The molecule has 0 amide bonds. The number of nitro groups is 2. The Balaban J connectivity index is 2.25. The Bertz CT molecular complexity index is 804. The van der Waals surface area contributed by atoms with E-state index in [2.05, 4.69) is 10.6 Å². The second kappa shape index (κ2) is 8.07. The van der Waals surface area contributed by atoms with E-state index in [0.29, 0.717) is 11.5 Å². The minimum absolute atomic E-state index is 0.0495. The van der Waals surface area contributed by atoms with Gasteiger partial charge in [-0.3, -0.25) is 20.2 Å². The highest BCUT2D eigenvalue weighted by Crippen LogP contribution is 2.31. The summed E-state index contributed by atoms with van der Waals surface area (Å²) in [4.78, 5) is 21.2. The standard InChI is InChI=1S/C15H14N4O6S/c1-24-9-3-5-11(13(7-9)18(20)21)16-15(26)17-12-6-4-10(25-2)8-14(12)19(22)23/h3-8H,1-2H3,(H2,16,17,26). The summed E-state index contributed by atoms with van der Waals surface area (Å²) in [5.74, 6) is 0.624. The molecule has 0 bridgehead atoms. The lowest BCUT2D eigenvalue weighted by Crippen LogP contribution is -2.20. The van der Waals surface area contributed by atoms with Gasteiger partial charge in [-0.1, -0.05) is 0 Å². The molecule has 0 heterocycles. The summed E-state index contributed by atoms with van der Waals surface area (Å²) >= 11 is 5.10. The molecule has 0 unspecified atom stereocenters. The molecule has 0 aliphatic carbocycles. The highest BCUT2D eigenvalue weighted by atomic mass is 32.1. The monoisotopic (exact) mass is 378 g/mol. The molecule has 0 atom stereocenters. The maximum atomic E-state index is 11.2. The van der Waals surface area contributed by atoms with Crippen molar-refractivity contribution >= 4 is 40.1 Å². The van der Waals surface area contributed by atoms with Crippen LogP contribution in [0.15, 0.2) is 36.4 Å². The lowest BCUT2D eigenvalue weighted by atomic mass is 10.2. The molecule has 0 saturated heterocycles. The molecule has 0 saturated carbocycles. The quantitative estimate of drug-likeness (QED) is 0.441. The molecule has 10 nitrogen and oxygen atoms in total. The van der Waals surface area contributed by atoms with E-state index in [-0.39, 0.29) is 27.9 Å². The van der Waals surface area contributed by atoms with Crippen molar-refractivity contribution in [1.82, 2.24) is 0 Å². The maximum Gasteiger partial charge on any atom is 0.296 e. The molecule has 11 heteroatoms. The average molecular weight is 378 g/mol. The number of benzene rings is 2. The summed E-state index contributed by atoms with van der Waals surface area (Å²) in [7, 11) is 2.78. The Morgan fingerprint density at radius 2 is 1.27 bits per heavy atom. The summed E-state index contributed by atoms with van der Waals surface area (Å²) in [6.07, 6.45) is 0. The van der Waals surface area contributed by atoms with Crippen molar-refractivity contribution < 1.29 is 19.3 Å². The predicted octanol–water partition coefficient (Wildman–Crippen LogP) is 3.33. The summed E-state index contributed by atoms with van der Waals surface area (Å²) in [5.41, 5.74) is -0.274. The highest BCUT2D eigenvalue weighted by Gasteiger charge is 2.19. The van der Waals surface area contributed by atoms with E-state index in [4.69, 9.17) is 21.7 Å². The molecular formula is C15H14N4O6S. The Labute approximate surface area is 153 Å². The van der Waals surface area contributed by atoms with Gasteiger partial charge in [0.25, 0.3) is 11.4 Å². The number of nitro benzene ring substituents is 2. The van der Waals surface area contributed by atoms with Crippen molar-refractivity contribution in [2.75, 3.05) is 24.9 Å². The summed E-state index contributed by atoms with van der Waals surface area (Å²) in [5, 5.41) is 27.6. The topological polar surface area (TPSA) is 129 Å². The van der Waals surface area contributed by atoms with E-state index >= 15 is 0 Å². The molecule has 0 aliphatic rings. The largest absolute Gasteiger partial charge is 0.496 e. The third-order valence-corrected chi connectivity index (χ3v) is 3.50. The Kier molecular flexibility index (Phi) is 5.86. The fourth-order valence-corrected chi connectivity index (χ4v) is 2.29. The maximum absolute atomic E-state index is 11.2. The molecule has 26 heavy (non-hydrogen) atoms. The van der Waals surface area contributed by atoms with Crippen LogP contribution in [0.1, 0.15) is 0 Å². The fourth-order valence-electron chi connectivity index (χ4n) is 2.07. The molecule has 0 radical (unpaired) electrons. The lowest BCUT2D eigenvalue weighted by Gasteiger charge is -2.12. The number of ether oxygens (including phenoxy) is 2. The first kappa shape index (κ1) is 18.9. The number of anilines is 2. The normalized spacial score (nSPS) is 9.92. The van der Waals surface area contributed by atoms with Crippen LogP contribution in [0.25, 0.3) is 0 Å². The highest BCUT2D eigenvalue weighted by molar-refractivity contribution is 7.80. The molecule has 0 aromatic heterocycles. The molecule has 2 N–H and O–H groups in total. The van der Waals surface area contributed by atoms with Crippen LogP contribution in [-0.2, 0) is 0 Å². The van der Waals surface area contributed by atoms with Gasteiger partial charge in [0, 0.05) is 0 Å². The van der Waals surface area contributed by atoms with Crippen LogP contribution in [0.4, 0.5) is 22.7 Å². The number of hydrogen-bond acceptors (Lipinski definition) is 7. The van der Waals surface area contributed by atoms with Crippen LogP contribution >= 0.6 is 12.2 Å². The predicted molar refractivity (Wildman–Crippen MR) is 99.1 cm³/mol. The van der Waals surface area contributed by atoms with Crippen LogP contribution in [-0.4, -0.2) is 29.2 Å². The van der Waals surface area contributed by atoms with E-state index in [1.807, 2.05) is 0 Å².